The zero-order valence-corrected chi connectivity index (χ0v) is 17.1. The van der Waals surface area contributed by atoms with Crippen LogP contribution in [0.3, 0.4) is 0 Å². The molecule has 1 atom stereocenters. The van der Waals surface area contributed by atoms with Crippen molar-refractivity contribution < 1.29 is 14.0 Å². The molecule has 1 unspecified atom stereocenters. The monoisotopic (exact) mass is 394 g/mol. The van der Waals surface area contributed by atoms with Crippen LogP contribution in [-0.4, -0.2) is 27.6 Å². The third kappa shape index (κ3) is 5.13. The normalized spacial score (nSPS) is 12.0. The van der Waals surface area contributed by atoms with Crippen LogP contribution in [0, 0.1) is 12.8 Å². The minimum Gasteiger partial charge on any atom is -0.454 e. The fourth-order valence-electron chi connectivity index (χ4n) is 2.68. The maximum Gasteiger partial charge on any atom is 0.291 e. The predicted octanol–water partition coefficient (Wildman–Crippen LogP) is 3.86. The summed E-state index contributed by atoms with van der Waals surface area (Å²) < 4.78 is 7.35. The molecule has 2 heterocycles. The second-order valence-electron chi connectivity index (χ2n) is 7.46. The number of carbonyl (C=O) groups is 2. The van der Waals surface area contributed by atoms with E-state index in [4.69, 9.17) is 4.42 Å². The Morgan fingerprint density at radius 3 is 2.62 bits per heavy atom. The van der Waals surface area contributed by atoms with Crippen LogP contribution in [0.2, 0.25) is 0 Å². The molecule has 0 fully saturated rings. The van der Waals surface area contributed by atoms with Crippen LogP contribution >= 0.6 is 0 Å². The molecule has 0 aliphatic rings. The summed E-state index contributed by atoms with van der Waals surface area (Å²) in [7, 11) is 0. The Balaban J connectivity index is 1.70. The van der Waals surface area contributed by atoms with Crippen LogP contribution in [0.25, 0.3) is 0 Å². The summed E-state index contributed by atoms with van der Waals surface area (Å²) >= 11 is 0. The zero-order valence-electron chi connectivity index (χ0n) is 17.1. The number of furan rings is 1. The first-order valence-corrected chi connectivity index (χ1v) is 9.62. The Bertz CT molecular complexity index is 989. The van der Waals surface area contributed by atoms with Gasteiger partial charge in [0.05, 0.1) is 6.54 Å². The van der Waals surface area contributed by atoms with Gasteiger partial charge >= 0.3 is 0 Å². The van der Waals surface area contributed by atoms with E-state index in [0.717, 1.165) is 5.56 Å². The third-order valence-corrected chi connectivity index (χ3v) is 4.87. The molecule has 1 aromatic carbocycles. The van der Waals surface area contributed by atoms with Crippen LogP contribution < -0.4 is 10.6 Å². The smallest absolute Gasteiger partial charge is 0.291 e. The van der Waals surface area contributed by atoms with E-state index in [1.165, 1.54) is 0 Å². The molecule has 0 spiro atoms. The molecular formula is C22H26N4O3. The van der Waals surface area contributed by atoms with Crippen LogP contribution in [-0.2, 0) is 6.54 Å². The van der Waals surface area contributed by atoms with Crippen molar-refractivity contribution in [1.82, 2.24) is 15.1 Å². The maximum absolute atomic E-state index is 12.6. The fraction of sp³-hybridized carbons (Fsp3) is 0.318. The van der Waals surface area contributed by atoms with Crippen LogP contribution in [0.15, 0.2) is 53.2 Å². The van der Waals surface area contributed by atoms with E-state index in [9.17, 15) is 9.59 Å². The first-order valence-electron chi connectivity index (χ1n) is 9.62. The zero-order chi connectivity index (χ0) is 21.0. The summed E-state index contributed by atoms with van der Waals surface area (Å²) in [6.45, 7) is 8.39. The lowest BCUT2D eigenvalue weighted by molar-refractivity contribution is 0.0929. The molecule has 0 saturated heterocycles. The van der Waals surface area contributed by atoms with Gasteiger partial charge in [-0.05, 0) is 55.7 Å². The molecule has 3 rings (SSSR count). The minimum atomic E-state index is -0.368. The number of hydrogen-bond acceptors (Lipinski definition) is 4. The molecule has 2 amide bonds. The quantitative estimate of drug-likeness (QED) is 0.637. The number of anilines is 1. The van der Waals surface area contributed by atoms with Crippen molar-refractivity contribution in [2.75, 3.05) is 5.32 Å². The van der Waals surface area contributed by atoms with Gasteiger partial charge < -0.3 is 15.1 Å². The number of aryl methyl sites for hydroxylation is 1. The average Bonchev–Trinajstić information content (AvgIpc) is 3.35. The fourth-order valence-corrected chi connectivity index (χ4v) is 2.68. The molecular weight excluding hydrogens is 368 g/mol. The van der Waals surface area contributed by atoms with Gasteiger partial charge in [-0.25, -0.2) is 0 Å². The standard InChI is InChI=1S/C22H26N4O3/c1-14(2)16(4)24-21(27)17-7-6-15(3)19(12-17)25-22(28)20-9-8-18(29-20)13-26-11-5-10-23-26/h5-12,14,16H,13H2,1-4H3,(H,24,27)(H,25,28). The minimum absolute atomic E-state index is 0.0539. The van der Waals surface area contributed by atoms with Gasteiger partial charge in [0, 0.05) is 29.7 Å². The molecule has 7 heteroatoms. The highest BCUT2D eigenvalue weighted by atomic mass is 16.4. The van der Waals surface area contributed by atoms with Crippen LogP contribution in [0.4, 0.5) is 5.69 Å². The van der Waals surface area contributed by atoms with Gasteiger partial charge in [-0.3, -0.25) is 14.3 Å². The first-order chi connectivity index (χ1) is 13.8. The van der Waals surface area contributed by atoms with E-state index in [2.05, 4.69) is 29.6 Å². The molecule has 2 N–H and O–H groups in total. The highest BCUT2D eigenvalue weighted by Crippen LogP contribution is 2.19. The van der Waals surface area contributed by atoms with Crippen LogP contribution in [0.5, 0.6) is 0 Å². The van der Waals surface area contributed by atoms with E-state index < -0.39 is 0 Å². The summed E-state index contributed by atoms with van der Waals surface area (Å²) in [5.74, 6) is 0.633. The molecule has 3 aromatic rings. The second-order valence-corrected chi connectivity index (χ2v) is 7.46. The van der Waals surface area contributed by atoms with Gasteiger partial charge in [-0.1, -0.05) is 19.9 Å². The van der Waals surface area contributed by atoms with Crippen LogP contribution in [0.1, 0.15) is 53.0 Å². The Morgan fingerprint density at radius 1 is 1.14 bits per heavy atom. The van der Waals surface area contributed by atoms with Gasteiger partial charge in [0.15, 0.2) is 5.76 Å². The Hall–Kier alpha value is -3.35. The van der Waals surface area contributed by atoms with E-state index >= 15 is 0 Å². The Morgan fingerprint density at radius 2 is 1.93 bits per heavy atom. The summed E-state index contributed by atoms with van der Waals surface area (Å²) in [6, 6.07) is 10.5. The van der Waals surface area contributed by atoms with Crippen molar-refractivity contribution in [3.8, 4) is 0 Å². The van der Waals surface area contributed by atoms with E-state index in [-0.39, 0.29) is 23.6 Å². The molecule has 0 aliphatic heterocycles. The SMILES string of the molecule is Cc1ccc(C(=O)NC(C)C(C)C)cc1NC(=O)c1ccc(Cn2cccn2)o1. The summed E-state index contributed by atoms with van der Waals surface area (Å²) in [5, 5.41) is 9.93. The summed E-state index contributed by atoms with van der Waals surface area (Å²) in [5.41, 5.74) is 1.93. The Labute approximate surface area is 170 Å². The van der Waals surface area contributed by atoms with Crippen molar-refractivity contribution in [1.29, 1.82) is 0 Å². The lowest BCUT2D eigenvalue weighted by Crippen LogP contribution is -2.36. The topological polar surface area (TPSA) is 89.2 Å². The molecule has 29 heavy (non-hydrogen) atoms. The molecule has 0 saturated carbocycles. The van der Waals surface area contributed by atoms with Gasteiger partial charge in [0.2, 0.25) is 0 Å². The number of nitrogens with zero attached hydrogens (tertiary/aromatic N) is 2. The van der Waals surface area contributed by atoms with Gasteiger partial charge in [-0.15, -0.1) is 0 Å². The van der Waals surface area contributed by atoms with E-state index in [0.29, 0.717) is 29.5 Å². The van der Waals surface area contributed by atoms with Crippen molar-refractivity contribution in [2.24, 2.45) is 5.92 Å². The molecule has 0 bridgehead atoms. The number of nitrogens with one attached hydrogen (secondary N) is 2. The number of hydrogen-bond donors (Lipinski definition) is 2. The van der Waals surface area contributed by atoms with Gasteiger partial charge in [0.1, 0.15) is 5.76 Å². The average molecular weight is 394 g/mol. The molecule has 152 valence electrons. The molecule has 2 aromatic heterocycles. The third-order valence-electron chi connectivity index (χ3n) is 4.87. The summed E-state index contributed by atoms with van der Waals surface area (Å²) in [6.07, 6.45) is 3.51. The molecule has 0 aliphatic carbocycles. The molecule has 7 nitrogen and oxygen atoms in total. The number of aromatic nitrogens is 2. The largest absolute Gasteiger partial charge is 0.454 e. The number of carbonyl (C=O) groups excluding carboxylic acids is 2. The lowest BCUT2D eigenvalue weighted by Gasteiger charge is -2.18. The van der Waals surface area contributed by atoms with Crippen molar-refractivity contribution in [3.63, 3.8) is 0 Å². The van der Waals surface area contributed by atoms with E-state index in [1.807, 2.05) is 32.2 Å². The molecule has 0 radical (unpaired) electrons. The second kappa shape index (κ2) is 8.77. The summed E-state index contributed by atoms with van der Waals surface area (Å²) in [4.78, 5) is 25.1. The van der Waals surface area contributed by atoms with Crippen molar-refractivity contribution >= 4 is 17.5 Å². The number of amides is 2. The highest BCUT2D eigenvalue weighted by Gasteiger charge is 2.16. The van der Waals surface area contributed by atoms with Crippen molar-refractivity contribution in [2.45, 2.75) is 40.3 Å². The maximum atomic E-state index is 12.6. The van der Waals surface area contributed by atoms with E-state index in [1.54, 1.807) is 35.1 Å². The number of rotatable bonds is 7. The first kappa shape index (κ1) is 20.4. The van der Waals surface area contributed by atoms with Crippen molar-refractivity contribution in [3.05, 3.63) is 71.4 Å². The predicted molar refractivity (Wildman–Crippen MR) is 111 cm³/mol. The Kier molecular flexibility index (Phi) is 6.16. The lowest BCUT2D eigenvalue weighted by atomic mass is 10.0. The highest BCUT2D eigenvalue weighted by molar-refractivity contribution is 6.04. The van der Waals surface area contributed by atoms with Gasteiger partial charge in [-0.2, -0.15) is 5.10 Å². The van der Waals surface area contributed by atoms with Gasteiger partial charge in [0.25, 0.3) is 11.8 Å². The number of benzene rings is 1.